The van der Waals surface area contributed by atoms with Crippen LogP contribution in [0.4, 0.5) is 5.13 Å². The lowest BCUT2D eigenvalue weighted by Gasteiger charge is -2.23. The first-order valence-electron chi connectivity index (χ1n) is 13.9. The molecule has 8 nitrogen and oxygen atoms in total. The molecule has 216 valence electrons. The van der Waals surface area contributed by atoms with E-state index in [1.165, 1.54) is 45.8 Å². The topological polar surface area (TPSA) is 106 Å². The van der Waals surface area contributed by atoms with Gasteiger partial charge in [0, 0.05) is 23.7 Å². The Balaban J connectivity index is 1.36. The summed E-state index contributed by atoms with van der Waals surface area (Å²) in [5.41, 5.74) is 2.14. The number of anilines is 1. The van der Waals surface area contributed by atoms with E-state index in [0.29, 0.717) is 33.6 Å². The molecule has 2 aromatic heterocycles. The predicted octanol–water partition coefficient (Wildman–Crippen LogP) is 7.18. The first-order chi connectivity index (χ1) is 21.0. The van der Waals surface area contributed by atoms with Crippen molar-refractivity contribution >= 4 is 56.5 Å². The van der Waals surface area contributed by atoms with E-state index >= 15 is 0 Å². The van der Waals surface area contributed by atoms with Crippen LogP contribution in [-0.2, 0) is 15.3 Å². The normalized spacial score (nSPS) is 16.2. The molecule has 5 aromatic rings. The number of nitrogens with zero attached hydrogens (tertiary/aromatic N) is 4. The third kappa shape index (κ3) is 5.89. The van der Waals surface area contributed by atoms with Crippen LogP contribution in [0.15, 0.2) is 101 Å². The predicted molar refractivity (Wildman–Crippen MR) is 169 cm³/mol. The van der Waals surface area contributed by atoms with E-state index < -0.39 is 17.7 Å². The first-order valence-corrected chi connectivity index (χ1v) is 15.7. The van der Waals surface area contributed by atoms with Crippen LogP contribution in [0.2, 0.25) is 0 Å². The molecule has 1 N–H and O–H groups in total. The van der Waals surface area contributed by atoms with Crippen molar-refractivity contribution in [1.82, 2.24) is 15.2 Å². The molecule has 1 fully saturated rings. The summed E-state index contributed by atoms with van der Waals surface area (Å²) in [5, 5.41) is 22.6. The smallest absolute Gasteiger partial charge is 0.301 e. The van der Waals surface area contributed by atoms with Crippen LogP contribution in [0.1, 0.15) is 42.5 Å². The third-order valence-electron chi connectivity index (χ3n) is 7.17. The van der Waals surface area contributed by atoms with Gasteiger partial charge in [0.1, 0.15) is 11.5 Å². The second-order valence-corrected chi connectivity index (χ2v) is 12.1. The quantitative estimate of drug-likeness (QED) is 0.0444. The molecule has 0 radical (unpaired) electrons. The van der Waals surface area contributed by atoms with E-state index in [1.54, 1.807) is 18.2 Å². The number of Topliss-reactive ketones (excluding diaryl/α,β-unsaturated/α-hetero) is 1. The Bertz CT molecular complexity index is 1820. The number of thioether (sulfide) groups is 1. The number of unbranched alkanes of at least 4 members (excludes halogenated alkanes) is 1. The zero-order valence-corrected chi connectivity index (χ0v) is 25.0. The van der Waals surface area contributed by atoms with Gasteiger partial charge in [-0.25, -0.2) is 0 Å². The van der Waals surface area contributed by atoms with Gasteiger partial charge >= 0.3 is 5.91 Å². The van der Waals surface area contributed by atoms with Gasteiger partial charge in [-0.1, -0.05) is 91.0 Å². The molecule has 10 heteroatoms. The summed E-state index contributed by atoms with van der Waals surface area (Å²) in [4.78, 5) is 32.4. The lowest BCUT2D eigenvalue weighted by molar-refractivity contribution is -0.132. The van der Waals surface area contributed by atoms with Gasteiger partial charge in [0.25, 0.3) is 5.78 Å². The summed E-state index contributed by atoms with van der Waals surface area (Å²) in [6, 6.07) is 23.9. The fourth-order valence-corrected chi connectivity index (χ4v) is 6.91. The number of carbonyl (C=O) groups excluding carboxylic acids is 2. The van der Waals surface area contributed by atoms with Crippen molar-refractivity contribution in [3.05, 3.63) is 114 Å². The van der Waals surface area contributed by atoms with Gasteiger partial charge in [-0.05, 0) is 52.6 Å². The average molecular weight is 609 g/mol. The number of ether oxygens (including phenoxy) is 1. The molecule has 3 heterocycles. The number of hydrogen-bond acceptors (Lipinski definition) is 9. The molecule has 1 amide bonds. The number of carbonyl (C=O) groups is 2. The van der Waals surface area contributed by atoms with Crippen molar-refractivity contribution < 1.29 is 19.4 Å². The highest BCUT2D eigenvalue weighted by molar-refractivity contribution is 8.00. The van der Waals surface area contributed by atoms with Crippen molar-refractivity contribution in [3.63, 3.8) is 0 Å². The highest BCUT2D eigenvalue weighted by Crippen LogP contribution is 2.44. The molecular weight excluding hydrogens is 581 g/mol. The van der Waals surface area contributed by atoms with Gasteiger partial charge in [0.2, 0.25) is 5.13 Å². The highest BCUT2D eigenvalue weighted by Gasteiger charge is 2.48. The second kappa shape index (κ2) is 12.8. The van der Waals surface area contributed by atoms with Gasteiger partial charge in [-0.2, -0.15) is 0 Å². The van der Waals surface area contributed by atoms with Crippen molar-refractivity contribution in [2.75, 3.05) is 11.5 Å². The molecular formula is C33H28N4O4S2. The van der Waals surface area contributed by atoms with Crippen molar-refractivity contribution in [1.29, 1.82) is 0 Å². The van der Waals surface area contributed by atoms with Gasteiger partial charge < -0.3 is 9.84 Å². The maximum absolute atomic E-state index is 13.6. The summed E-state index contributed by atoms with van der Waals surface area (Å²) in [6.07, 6.45) is 4.93. The zero-order chi connectivity index (χ0) is 29.8. The minimum absolute atomic E-state index is 0.0259. The van der Waals surface area contributed by atoms with Crippen molar-refractivity contribution in [2.45, 2.75) is 35.9 Å². The van der Waals surface area contributed by atoms with Crippen LogP contribution >= 0.6 is 23.1 Å². The second-order valence-electron chi connectivity index (χ2n) is 9.96. The lowest BCUT2D eigenvalue weighted by atomic mass is 9.95. The molecule has 1 atom stereocenters. The molecule has 1 aliphatic heterocycles. The summed E-state index contributed by atoms with van der Waals surface area (Å²) in [5.74, 6) is -0.571. The van der Waals surface area contributed by atoms with E-state index in [0.717, 1.165) is 23.8 Å². The van der Waals surface area contributed by atoms with Gasteiger partial charge in [0.05, 0.1) is 18.2 Å². The molecule has 1 unspecified atom stereocenters. The Morgan fingerprint density at radius 1 is 1.00 bits per heavy atom. The van der Waals surface area contributed by atoms with Crippen LogP contribution in [0, 0.1) is 0 Å². The Hall–Kier alpha value is -4.54. The molecule has 0 aliphatic carbocycles. The number of rotatable bonds is 10. The number of hydrogen-bond donors (Lipinski definition) is 1. The number of ketones is 1. The monoisotopic (exact) mass is 608 g/mol. The molecule has 3 aromatic carbocycles. The van der Waals surface area contributed by atoms with Gasteiger partial charge in [0.15, 0.2) is 4.34 Å². The molecule has 43 heavy (non-hydrogen) atoms. The number of aromatic nitrogens is 3. The van der Waals surface area contributed by atoms with Crippen molar-refractivity contribution in [3.8, 4) is 5.75 Å². The Morgan fingerprint density at radius 2 is 1.79 bits per heavy atom. The SMILES string of the molecule is CCCCOc1cccc(C2C(=C(O)c3ccncc3)C(=O)C(=O)N2c2nnc(SCc3cccc4ccccc34)s2)c1. The van der Waals surface area contributed by atoms with Crippen LogP contribution in [0.25, 0.3) is 16.5 Å². The molecule has 0 spiro atoms. The van der Waals surface area contributed by atoms with Gasteiger partial charge in [-0.3, -0.25) is 19.5 Å². The number of pyridine rings is 1. The molecule has 1 aliphatic rings. The van der Waals surface area contributed by atoms with Crippen LogP contribution in [0.5, 0.6) is 5.75 Å². The minimum Gasteiger partial charge on any atom is -0.507 e. The van der Waals surface area contributed by atoms with E-state index in [4.69, 9.17) is 4.74 Å². The van der Waals surface area contributed by atoms with E-state index in [1.807, 2.05) is 36.4 Å². The van der Waals surface area contributed by atoms with Crippen LogP contribution in [-0.4, -0.2) is 38.6 Å². The molecule has 1 saturated heterocycles. The Morgan fingerprint density at radius 3 is 2.63 bits per heavy atom. The summed E-state index contributed by atoms with van der Waals surface area (Å²) in [6.45, 7) is 2.63. The fourth-order valence-electron chi connectivity index (χ4n) is 5.04. The van der Waals surface area contributed by atoms with Crippen LogP contribution in [0.3, 0.4) is 0 Å². The molecule has 0 saturated carbocycles. The summed E-state index contributed by atoms with van der Waals surface area (Å²) < 4.78 is 6.59. The van der Waals surface area contributed by atoms with Crippen LogP contribution < -0.4 is 9.64 Å². The minimum atomic E-state index is -0.924. The molecule has 0 bridgehead atoms. The first kappa shape index (κ1) is 28.6. The van der Waals surface area contributed by atoms with E-state index in [9.17, 15) is 14.7 Å². The lowest BCUT2D eigenvalue weighted by Crippen LogP contribution is -2.29. The molecule has 6 rings (SSSR count). The average Bonchev–Trinajstić information content (AvgIpc) is 3.62. The fraction of sp³-hybridized carbons (Fsp3) is 0.182. The number of aliphatic hydroxyl groups excluding tert-OH is 1. The third-order valence-corrected chi connectivity index (χ3v) is 9.28. The maximum Gasteiger partial charge on any atom is 0.301 e. The van der Waals surface area contributed by atoms with E-state index in [-0.39, 0.29) is 16.5 Å². The Kier molecular flexibility index (Phi) is 8.48. The number of aliphatic hydroxyl groups is 1. The van der Waals surface area contributed by atoms with E-state index in [2.05, 4.69) is 46.4 Å². The number of fused-ring (bicyclic) bond motifs is 1. The highest BCUT2D eigenvalue weighted by atomic mass is 32.2. The summed E-state index contributed by atoms with van der Waals surface area (Å²) in [7, 11) is 0. The van der Waals surface area contributed by atoms with Gasteiger partial charge in [-0.15, -0.1) is 10.2 Å². The summed E-state index contributed by atoms with van der Waals surface area (Å²) >= 11 is 2.76. The number of benzene rings is 3. The standard InChI is InChI=1S/C33H28N4O4S2/c1-2-3-18-41-25-12-7-10-23(19-25)28-27(29(38)22-14-16-34-17-15-22)30(39)31(40)37(28)32-35-36-33(43-32)42-20-24-11-6-9-21-8-4-5-13-26(21)24/h4-17,19,28,38H,2-3,18,20H2,1H3. The maximum atomic E-state index is 13.6. The zero-order valence-electron chi connectivity index (χ0n) is 23.3. The largest absolute Gasteiger partial charge is 0.507 e. The van der Waals surface area contributed by atoms with Crippen molar-refractivity contribution in [2.24, 2.45) is 0 Å². The number of amides is 1. The Labute approximate surface area is 257 Å².